The minimum atomic E-state index is -0.520. The highest BCUT2D eigenvalue weighted by atomic mass is 79.9. The van der Waals surface area contributed by atoms with Gasteiger partial charge in [0.05, 0.1) is 11.6 Å². The van der Waals surface area contributed by atoms with Crippen LogP contribution in [0.2, 0.25) is 0 Å². The molecule has 1 saturated heterocycles. The second kappa shape index (κ2) is 8.02. The summed E-state index contributed by atoms with van der Waals surface area (Å²) in [5.41, 5.74) is 1.68. The van der Waals surface area contributed by atoms with Gasteiger partial charge in [0, 0.05) is 24.0 Å². The fraction of sp³-hybridized carbons (Fsp3) is 0.391. The minimum Gasteiger partial charge on any atom is -0.444 e. The highest BCUT2D eigenvalue weighted by Gasteiger charge is 2.30. The van der Waals surface area contributed by atoms with Crippen molar-refractivity contribution in [1.29, 1.82) is 0 Å². The first kappa shape index (κ1) is 20.8. The van der Waals surface area contributed by atoms with Crippen LogP contribution in [0.5, 0.6) is 0 Å². The van der Waals surface area contributed by atoms with Crippen molar-refractivity contribution < 1.29 is 13.9 Å². The number of fused-ring (bicyclic) bond motifs is 1. The molecule has 30 heavy (non-hydrogen) atoms. The average Bonchev–Trinajstić information content (AvgIpc) is 3.03. The Balaban J connectivity index is 1.62. The van der Waals surface area contributed by atoms with Crippen LogP contribution in [0.1, 0.15) is 39.7 Å². The smallest absolute Gasteiger partial charge is 0.410 e. The average molecular weight is 474 g/mol. The van der Waals surface area contributed by atoms with Crippen molar-refractivity contribution in [1.82, 2.24) is 14.7 Å². The van der Waals surface area contributed by atoms with Crippen molar-refractivity contribution in [2.24, 2.45) is 0 Å². The van der Waals surface area contributed by atoms with E-state index in [1.807, 2.05) is 49.7 Å². The fourth-order valence-electron chi connectivity index (χ4n) is 3.82. The Morgan fingerprint density at radius 3 is 2.73 bits per heavy atom. The second-order valence-corrected chi connectivity index (χ2v) is 9.42. The van der Waals surface area contributed by atoms with Crippen LogP contribution in [-0.2, 0) is 4.74 Å². The summed E-state index contributed by atoms with van der Waals surface area (Å²) in [7, 11) is 0. The number of benzene rings is 2. The van der Waals surface area contributed by atoms with E-state index in [0.29, 0.717) is 18.7 Å². The fourth-order valence-corrected chi connectivity index (χ4v) is 4.51. The van der Waals surface area contributed by atoms with Gasteiger partial charge in [-0.3, -0.25) is 4.68 Å². The molecular weight excluding hydrogens is 449 g/mol. The molecule has 0 aliphatic carbocycles. The molecule has 3 aromatic rings. The normalized spacial score (nSPS) is 17.4. The van der Waals surface area contributed by atoms with E-state index in [-0.39, 0.29) is 18.0 Å². The van der Waals surface area contributed by atoms with Gasteiger partial charge < -0.3 is 9.64 Å². The van der Waals surface area contributed by atoms with E-state index in [1.54, 1.807) is 17.0 Å². The monoisotopic (exact) mass is 473 g/mol. The molecule has 1 aliphatic rings. The Morgan fingerprint density at radius 2 is 2.00 bits per heavy atom. The van der Waals surface area contributed by atoms with E-state index >= 15 is 0 Å². The molecule has 4 rings (SSSR count). The first-order valence-corrected chi connectivity index (χ1v) is 10.9. The molecule has 1 fully saturated rings. The first-order chi connectivity index (χ1) is 14.2. The highest BCUT2D eigenvalue weighted by Crippen LogP contribution is 2.34. The van der Waals surface area contributed by atoms with Crippen molar-refractivity contribution in [3.05, 3.63) is 52.9 Å². The quantitative estimate of drug-likeness (QED) is 0.446. The lowest BCUT2D eigenvalue weighted by atomic mass is 10.0. The number of hydrogen-bond acceptors (Lipinski definition) is 3. The third-order valence-electron chi connectivity index (χ3n) is 5.21. The number of carbonyl (C=O) groups is 1. The molecule has 7 heteroatoms. The zero-order valence-electron chi connectivity index (χ0n) is 17.4. The molecule has 1 atom stereocenters. The number of rotatable bonds is 2. The molecular formula is C23H25BrFN3O2. The summed E-state index contributed by atoms with van der Waals surface area (Å²) in [4.78, 5) is 14.3. The van der Waals surface area contributed by atoms with Crippen LogP contribution in [0, 0.1) is 5.82 Å². The van der Waals surface area contributed by atoms with Crippen molar-refractivity contribution in [3.8, 4) is 11.1 Å². The first-order valence-electron chi connectivity index (χ1n) is 10.1. The number of nitrogens with zero attached hydrogens (tertiary/aromatic N) is 3. The van der Waals surface area contributed by atoms with Gasteiger partial charge in [-0.25, -0.2) is 9.18 Å². The van der Waals surface area contributed by atoms with E-state index in [9.17, 15) is 9.18 Å². The summed E-state index contributed by atoms with van der Waals surface area (Å²) in [6, 6.07) is 12.5. The van der Waals surface area contributed by atoms with Crippen molar-refractivity contribution in [2.45, 2.75) is 45.3 Å². The number of piperidine rings is 1. The number of halogens is 2. The van der Waals surface area contributed by atoms with Gasteiger partial charge in [0.25, 0.3) is 0 Å². The summed E-state index contributed by atoms with van der Waals surface area (Å²) in [5.74, 6) is -0.249. The van der Waals surface area contributed by atoms with E-state index in [0.717, 1.165) is 33.9 Å². The zero-order chi connectivity index (χ0) is 21.5. The lowest BCUT2D eigenvalue weighted by molar-refractivity contribution is 0.0166. The SMILES string of the molecule is CC(C)(C)OC(=O)N1CCCC(n2nc3ccc(-c4ccccc4F)cc3c2Br)C1. The van der Waals surface area contributed by atoms with Crippen molar-refractivity contribution in [3.63, 3.8) is 0 Å². The molecule has 0 bridgehead atoms. The van der Waals surface area contributed by atoms with Crippen LogP contribution in [0.3, 0.4) is 0 Å². The summed E-state index contributed by atoms with van der Waals surface area (Å²) < 4.78 is 22.5. The number of aromatic nitrogens is 2. The molecule has 2 aromatic carbocycles. The summed E-state index contributed by atoms with van der Waals surface area (Å²) in [5, 5.41) is 5.68. The lowest BCUT2D eigenvalue weighted by Gasteiger charge is -2.34. The van der Waals surface area contributed by atoms with Gasteiger partial charge >= 0.3 is 6.09 Å². The van der Waals surface area contributed by atoms with Gasteiger partial charge in [-0.1, -0.05) is 24.3 Å². The van der Waals surface area contributed by atoms with Gasteiger partial charge in [-0.05, 0) is 73.3 Å². The Kier molecular flexibility index (Phi) is 5.57. The highest BCUT2D eigenvalue weighted by molar-refractivity contribution is 9.10. The Labute approximate surface area is 183 Å². The minimum absolute atomic E-state index is 0.0463. The van der Waals surface area contributed by atoms with Crippen LogP contribution in [0.15, 0.2) is 47.1 Å². The Hall–Kier alpha value is -2.41. The lowest BCUT2D eigenvalue weighted by Crippen LogP contribution is -2.43. The molecule has 0 saturated carbocycles. The zero-order valence-corrected chi connectivity index (χ0v) is 18.9. The van der Waals surface area contributed by atoms with E-state index in [2.05, 4.69) is 15.9 Å². The van der Waals surface area contributed by atoms with E-state index in [1.165, 1.54) is 6.07 Å². The van der Waals surface area contributed by atoms with Crippen LogP contribution in [-0.4, -0.2) is 39.5 Å². The molecule has 1 aromatic heterocycles. The molecule has 1 amide bonds. The van der Waals surface area contributed by atoms with Crippen LogP contribution in [0.4, 0.5) is 9.18 Å². The summed E-state index contributed by atoms with van der Waals surface area (Å²) >= 11 is 3.69. The molecule has 158 valence electrons. The van der Waals surface area contributed by atoms with Crippen LogP contribution in [0.25, 0.3) is 22.0 Å². The molecule has 0 radical (unpaired) electrons. The number of carbonyl (C=O) groups excluding carboxylic acids is 1. The van der Waals surface area contributed by atoms with Crippen molar-refractivity contribution >= 4 is 32.9 Å². The largest absolute Gasteiger partial charge is 0.444 e. The van der Waals surface area contributed by atoms with Gasteiger partial charge in [-0.2, -0.15) is 5.10 Å². The standard InChI is InChI=1S/C23H25BrFN3O2/c1-23(2,3)30-22(29)27-12-6-7-16(14-27)28-21(24)18-13-15(10-11-20(18)26-28)17-8-4-5-9-19(17)25/h4-5,8-11,13,16H,6-7,12,14H2,1-3H3. The maximum Gasteiger partial charge on any atom is 0.410 e. The Bertz CT molecular complexity index is 1090. The molecule has 5 nitrogen and oxygen atoms in total. The van der Waals surface area contributed by atoms with E-state index in [4.69, 9.17) is 9.84 Å². The molecule has 1 unspecified atom stereocenters. The third kappa shape index (κ3) is 4.21. The van der Waals surface area contributed by atoms with Gasteiger partial charge in [0.2, 0.25) is 0 Å². The number of amides is 1. The van der Waals surface area contributed by atoms with E-state index < -0.39 is 5.60 Å². The third-order valence-corrected chi connectivity index (χ3v) is 6.00. The maximum atomic E-state index is 14.2. The van der Waals surface area contributed by atoms with Crippen molar-refractivity contribution in [2.75, 3.05) is 13.1 Å². The van der Waals surface area contributed by atoms with Crippen LogP contribution >= 0.6 is 15.9 Å². The molecule has 1 aliphatic heterocycles. The summed E-state index contributed by atoms with van der Waals surface area (Å²) in [6.07, 6.45) is 1.51. The van der Waals surface area contributed by atoms with Gasteiger partial charge in [-0.15, -0.1) is 0 Å². The molecule has 0 N–H and O–H groups in total. The summed E-state index contributed by atoms with van der Waals surface area (Å²) in [6.45, 7) is 6.84. The topological polar surface area (TPSA) is 47.4 Å². The molecule has 0 spiro atoms. The maximum absolute atomic E-state index is 14.2. The predicted octanol–water partition coefficient (Wildman–Crippen LogP) is 6.18. The van der Waals surface area contributed by atoms with Crippen LogP contribution < -0.4 is 0 Å². The Morgan fingerprint density at radius 1 is 1.23 bits per heavy atom. The number of ether oxygens (including phenoxy) is 1. The van der Waals surface area contributed by atoms with Gasteiger partial charge in [0.15, 0.2) is 0 Å². The second-order valence-electron chi connectivity index (χ2n) is 8.67. The number of likely N-dealkylation sites (tertiary alicyclic amines) is 1. The molecule has 2 heterocycles. The predicted molar refractivity (Wildman–Crippen MR) is 119 cm³/mol. The van der Waals surface area contributed by atoms with Gasteiger partial charge in [0.1, 0.15) is 16.0 Å². The number of hydrogen-bond donors (Lipinski definition) is 0.